The number of anilines is 1. The minimum atomic E-state index is 0.119. The van der Waals surface area contributed by atoms with E-state index in [1.54, 1.807) is 6.92 Å². The lowest BCUT2D eigenvalue weighted by molar-refractivity contribution is -0.118. The predicted molar refractivity (Wildman–Crippen MR) is 74.5 cm³/mol. The average molecular weight is 271 g/mol. The van der Waals surface area contributed by atoms with Crippen molar-refractivity contribution < 1.29 is 9.21 Å². The fraction of sp³-hybridized carbons (Fsp3) is 0.400. The second kappa shape index (κ2) is 5.45. The number of hydrogen-bond acceptors (Lipinski definition) is 4. The first-order valence-electron chi connectivity index (χ1n) is 6.91. The summed E-state index contributed by atoms with van der Waals surface area (Å²) in [5.41, 5.74) is 2.30. The minimum Gasteiger partial charge on any atom is -0.426 e. The van der Waals surface area contributed by atoms with Crippen LogP contribution in [0.15, 0.2) is 28.7 Å². The molecule has 0 radical (unpaired) electrons. The van der Waals surface area contributed by atoms with Gasteiger partial charge < -0.3 is 9.32 Å². The van der Waals surface area contributed by atoms with E-state index < -0.39 is 0 Å². The largest absolute Gasteiger partial charge is 0.426 e. The lowest BCUT2D eigenvalue weighted by atomic mass is 10.0. The van der Waals surface area contributed by atoms with Gasteiger partial charge in [-0.1, -0.05) is 18.2 Å². The van der Waals surface area contributed by atoms with E-state index in [1.165, 1.54) is 5.56 Å². The lowest BCUT2D eigenvalue weighted by Crippen LogP contribution is -2.35. The number of nitrogens with zero attached hydrogens (tertiary/aromatic N) is 3. The van der Waals surface area contributed by atoms with Gasteiger partial charge >= 0.3 is 0 Å². The highest BCUT2D eigenvalue weighted by atomic mass is 16.4. The average Bonchev–Trinajstić information content (AvgIpc) is 2.90. The molecule has 1 aromatic heterocycles. The third-order valence-electron chi connectivity index (χ3n) is 3.53. The number of amides is 1. The first-order valence-corrected chi connectivity index (χ1v) is 6.91. The number of benzene rings is 1. The van der Waals surface area contributed by atoms with Crippen molar-refractivity contribution in [3.8, 4) is 0 Å². The Morgan fingerprint density at radius 2 is 2.20 bits per heavy atom. The van der Waals surface area contributed by atoms with Gasteiger partial charge in [0.25, 0.3) is 0 Å². The van der Waals surface area contributed by atoms with E-state index in [4.69, 9.17) is 4.42 Å². The van der Waals surface area contributed by atoms with Gasteiger partial charge in [0.1, 0.15) is 0 Å². The van der Waals surface area contributed by atoms with E-state index in [-0.39, 0.29) is 5.91 Å². The second-order valence-electron chi connectivity index (χ2n) is 4.99. The van der Waals surface area contributed by atoms with Crippen molar-refractivity contribution in [3.05, 3.63) is 41.6 Å². The predicted octanol–water partition coefficient (Wildman–Crippen LogP) is 2.29. The highest BCUT2D eigenvalue weighted by Crippen LogP contribution is 2.27. The van der Waals surface area contributed by atoms with Crippen LogP contribution in [0.4, 0.5) is 5.69 Å². The number of rotatable bonds is 3. The molecule has 5 heteroatoms. The Kier molecular flexibility index (Phi) is 3.50. The smallest absolute Gasteiger partial charge is 0.227 e. The number of aryl methyl sites for hydroxylation is 3. The molecule has 1 aliphatic heterocycles. The van der Waals surface area contributed by atoms with Gasteiger partial charge in [0, 0.05) is 32.0 Å². The summed E-state index contributed by atoms with van der Waals surface area (Å²) in [6, 6.07) is 8.11. The van der Waals surface area contributed by atoms with Crippen molar-refractivity contribution >= 4 is 11.6 Å². The highest BCUT2D eigenvalue weighted by molar-refractivity contribution is 5.94. The summed E-state index contributed by atoms with van der Waals surface area (Å²) in [6.45, 7) is 2.54. The molecule has 0 saturated heterocycles. The Morgan fingerprint density at radius 3 is 3.00 bits per heavy atom. The van der Waals surface area contributed by atoms with Gasteiger partial charge in [0.05, 0.1) is 0 Å². The van der Waals surface area contributed by atoms with Gasteiger partial charge in [-0.25, -0.2) is 0 Å². The van der Waals surface area contributed by atoms with E-state index in [2.05, 4.69) is 16.3 Å². The third-order valence-corrected chi connectivity index (χ3v) is 3.53. The summed E-state index contributed by atoms with van der Waals surface area (Å²) >= 11 is 0. The lowest BCUT2D eigenvalue weighted by Gasteiger charge is -2.29. The number of fused-ring (bicyclic) bond motifs is 1. The van der Waals surface area contributed by atoms with E-state index in [0.717, 1.165) is 25.1 Å². The standard InChI is InChI=1S/C15H17N3O2/c1-11-16-17-14(20-11)8-9-15(19)18-10-4-6-12-5-2-3-7-13(12)18/h2-3,5,7H,4,6,8-10H2,1H3. The molecule has 0 N–H and O–H groups in total. The quantitative estimate of drug-likeness (QED) is 0.859. The second-order valence-corrected chi connectivity index (χ2v) is 4.99. The van der Waals surface area contributed by atoms with Gasteiger partial charge in [-0.15, -0.1) is 10.2 Å². The molecule has 1 aromatic carbocycles. The summed E-state index contributed by atoms with van der Waals surface area (Å²) in [7, 11) is 0. The summed E-state index contributed by atoms with van der Waals surface area (Å²) in [5.74, 6) is 1.19. The van der Waals surface area contributed by atoms with Crippen LogP contribution in [-0.4, -0.2) is 22.6 Å². The monoisotopic (exact) mass is 271 g/mol. The van der Waals surface area contributed by atoms with Gasteiger partial charge in [-0.2, -0.15) is 0 Å². The van der Waals surface area contributed by atoms with Crippen molar-refractivity contribution in [1.29, 1.82) is 0 Å². The van der Waals surface area contributed by atoms with Crippen molar-refractivity contribution in [2.45, 2.75) is 32.6 Å². The number of para-hydroxylation sites is 1. The molecule has 0 spiro atoms. The fourth-order valence-corrected chi connectivity index (χ4v) is 2.58. The maximum Gasteiger partial charge on any atom is 0.227 e. The zero-order valence-corrected chi connectivity index (χ0v) is 11.5. The molecule has 0 unspecified atom stereocenters. The molecule has 2 heterocycles. The van der Waals surface area contributed by atoms with Gasteiger partial charge in [0.2, 0.25) is 17.7 Å². The zero-order valence-electron chi connectivity index (χ0n) is 11.5. The molecular weight excluding hydrogens is 254 g/mol. The van der Waals surface area contributed by atoms with Gasteiger partial charge in [0.15, 0.2) is 0 Å². The Hall–Kier alpha value is -2.17. The van der Waals surface area contributed by atoms with Crippen LogP contribution in [0.25, 0.3) is 0 Å². The molecule has 1 amide bonds. The van der Waals surface area contributed by atoms with E-state index in [1.807, 2.05) is 23.1 Å². The Balaban J connectivity index is 1.69. The minimum absolute atomic E-state index is 0.119. The van der Waals surface area contributed by atoms with Crippen LogP contribution in [0.1, 0.15) is 30.2 Å². The van der Waals surface area contributed by atoms with Crippen LogP contribution in [0.3, 0.4) is 0 Å². The summed E-state index contributed by atoms with van der Waals surface area (Å²) in [4.78, 5) is 14.3. The number of aromatic nitrogens is 2. The molecule has 20 heavy (non-hydrogen) atoms. The van der Waals surface area contributed by atoms with Crippen LogP contribution >= 0.6 is 0 Å². The maximum absolute atomic E-state index is 12.4. The van der Waals surface area contributed by atoms with Gasteiger partial charge in [-0.05, 0) is 24.5 Å². The highest BCUT2D eigenvalue weighted by Gasteiger charge is 2.22. The molecule has 2 aromatic rings. The first-order chi connectivity index (χ1) is 9.74. The zero-order chi connectivity index (χ0) is 13.9. The Labute approximate surface area is 117 Å². The topological polar surface area (TPSA) is 59.2 Å². The Bertz CT molecular complexity index is 621. The summed E-state index contributed by atoms with van der Waals surface area (Å²) < 4.78 is 5.30. The third kappa shape index (κ3) is 2.57. The molecule has 3 rings (SSSR count). The van der Waals surface area contributed by atoms with Crippen LogP contribution in [0, 0.1) is 6.92 Å². The maximum atomic E-state index is 12.4. The van der Waals surface area contributed by atoms with Gasteiger partial charge in [-0.3, -0.25) is 4.79 Å². The first kappa shape index (κ1) is 12.8. The SMILES string of the molecule is Cc1nnc(CCC(=O)N2CCCc3ccccc32)o1. The van der Waals surface area contributed by atoms with E-state index >= 15 is 0 Å². The van der Waals surface area contributed by atoms with Crippen molar-refractivity contribution in [1.82, 2.24) is 10.2 Å². The number of hydrogen-bond donors (Lipinski definition) is 0. The molecule has 0 saturated carbocycles. The Morgan fingerprint density at radius 1 is 1.35 bits per heavy atom. The van der Waals surface area contributed by atoms with Crippen LogP contribution in [0.5, 0.6) is 0 Å². The molecule has 0 bridgehead atoms. The molecule has 104 valence electrons. The normalized spacial score (nSPS) is 14.2. The summed E-state index contributed by atoms with van der Waals surface area (Å²) in [6.07, 6.45) is 2.96. The van der Waals surface area contributed by atoms with Crippen molar-refractivity contribution in [2.75, 3.05) is 11.4 Å². The van der Waals surface area contributed by atoms with Crippen molar-refractivity contribution in [3.63, 3.8) is 0 Å². The van der Waals surface area contributed by atoms with Crippen LogP contribution < -0.4 is 4.90 Å². The van der Waals surface area contributed by atoms with E-state index in [0.29, 0.717) is 24.6 Å². The molecular formula is C15H17N3O2. The number of carbonyl (C=O) groups is 1. The fourth-order valence-electron chi connectivity index (χ4n) is 2.58. The molecule has 0 fully saturated rings. The summed E-state index contributed by atoms with van der Waals surface area (Å²) in [5, 5.41) is 7.69. The molecule has 1 aliphatic rings. The molecule has 0 atom stereocenters. The molecule has 5 nitrogen and oxygen atoms in total. The van der Waals surface area contributed by atoms with E-state index in [9.17, 15) is 4.79 Å². The molecule has 0 aliphatic carbocycles. The van der Waals surface area contributed by atoms with Crippen LogP contribution in [0.2, 0.25) is 0 Å². The van der Waals surface area contributed by atoms with Crippen molar-refractivity contribution in [2.24, 2.45) is 0 Å². The number of carbonyl (C=O) groups excluding carboxylic acids is 1. The van der Waals surface area contributed by atoms with Crippen LogP contribution in [-0.2, 0) is 17.6 Å².